The van der Waals surface area contributed by atoms with Crippen molar-refractivity contribution in [3.8, 4) is 5.75 Å². The Morgan fingerprint density at radius 3 is 2.21 bits per heavy atom. The van der Waals surface area contributed by atoms with Crippen molar-refractivity contribution >= 4 is 37.5 Å². The zero-order chi connectivity index (χ0) is 23.2. The molecule has 0 atom stereocenters. The molecule has 6 rings (SSSR count). The first kappa shape index (κ1) is 22.7. The van der Waals surface area contributed by atoms with Gasteiger partial charge in [-0.1, -0.05) is 15.9 Å². The highest BCUT2D eigenvalue weighted by molar-refractivity contribution is 9.10. The molecule has 2 aromatic carbocycles. The summed E-state index contributed by atoms with van der Waals surface area (Å²) in [4.78, 5) is 13.1. The number of rotatable bonds is 7. The molecule has 0 aromatic heterocycles. The van der Waals surface area contributed by atoms with Crippen LogP contribution in [0.25, 0.3) is 0 Å². The summed E-state index contributed by atoms with van der Waals surface area (Å²) in [5, 5.41) is 3.36. The molecule has 4 bridgehead atoms. The molecule has 2 N–H and O–H groups in total. The van der Waals surface area contributed by atoms with Gasteiger partial charge in [-0.05, 0) is 106 Å². The second-order valence-electron chi connectivity index (χ2n) is 9.86. The SMILES string of the molecule is CCOc1ccc(Br)cc1S(=O)(=O)Nc1ccc(C(=O)NC23CC4CC(CC(C4)C2)C3)cc1. The summed E-state index contributed by atoms with van der Waals surface area (Å²) in [5.74, 6) is 2.49. The fraction of sp³-hybridized carbons (Fsp3) is 0.480. The van der Waals surface area contributed by atoms with Crippen molar-refractivity contribution in [3.63, 3.8) is 0 Å². The molecule has 6 nitrogen and oxygen atoms in total. The first-order chi connectivity index (χ1) is 15.7. The molecule has 0 radical (unpaired) electrons. The summed E-state index contributed by atoms with van der Waals surface area (Å²) in [6.07, 6.45) is 7.26. The van der Waals surface area contributed by atoms with Gasteiger partial charge in [-0.3, -0.25) is 9.52 Å². The van der Waals surface area contributed by atoms with Crippen LogP contribution >= 0.6 is 15.9 Å². The van der Waals surface area contributed by atoms with Gasteiger partial charge in [0.05, 0.1) is 6.61 Å². The Labute approximate surface area is 203 Å². The molecule has 2 aromatic rings. The highest BCUT2D eigenvalue weighted by Gasteiger charge is 2.51. The van der Waals surface area contributed by atoms with E-state index in [0.717, 1.165) is 37.0 Å². The third-order valence-electron chi connectivity index (χ3n) is 7.31. The topological polar surface area (TPSA) is 84.5 Å². The lowest BCUT2D eigenvalue weighted by Crippen LogP contribution is -2.59. The fourth-order valence-electron chi connectivity index (χ4n) is 6.44. The van der Waals surface area contributed by atoms with E-state index in [2.05, 4.69) is 26.0 Å². The van der Waals surface area contributed by atoms with E-state index in [4.69, 9.17) is 4.74 Å². The number of nitrogens with one attached hydrogen (secondary N) is 2. The van der Waals surface area contributed by atoms with Gasteiger partial charge in [0.2, 0.25) is 0 Å². The monoisotopic (exact) mass is 532 g/mol. The summed E-state index contributed by atoms with van der Waals surface area (Å²) in [5.41, 5.74) is 0.887. The molecule has 0 aliphatic heterocycles. The van der Waals surface area contributed by atoms with Gasteiger partial charge in [0.25, 0.3) is 15.9 Å². The Bertz CT molecular complexity index is 1130. The number of ether oxygens (including phenoxy) is 1. The van der Waals surface area contributed by atoms with E-state index in [1.165, 1.54) is 25.3 Å². The Kier molecular flexibility index (Phi) is 5.93. The van der Waals surface area contributed by atoms with Crippen LogP contribution in [0, 0.1) is 17.8 Å². The van der Waals surface area contributed by atoms with Crippen molar-refractivity contribution in [2.24, 2.45) is 17.8 Å². The first-order valence-electron chi connectivity index (χ1n) is 11.6. The maximum absolute atomic E-state index is 13.0. The number of carbonyl (C=O) groups is 1. The molecule has 4 fully saturated rings. The number of benzene rings is 2. The van der Waals surface area contributed by atoms with Crippen molar-refractivity contribution in [2.75, 3.05) is 11.3 Å². The molecule has 4 saturated carbocycles. The average molecular weight is 533 g/mol. The van der Waals surface area contributed by atoms with Crippen molar-refractivity contribution in [2.45, 2.75) is 55.9 Å². The predicted molar refractivity (Wildman–Crippen MR) is 131 cm³/mol. The van der Waals surface area contributed by atoms with Gasteiger partial charge in [-0.2, -0.15) is 0 Å². The molecule has 1 amide bonds. The number of amides is 1. The van der Waals surface area contributed by atoms with Crippen molar-refractivity contribution in [1.29, 1.82) is 0 Å². The smallest absolute Gasteiger partial charge is 0.265 e. The summed E-state index contributed by atoms with van der Waals surface area (Å²) < 4.78 is 34.7. The van der Waals surface area contributed by atoms with Crippen LogP contribution in [0.3, 0.4) is 0 Å². The van der Waals surface area contributed by atoms with E-state index in [1.807, 2.05) is 0 Å². The molecule has 0 unspecified atom stereocenters. The van der Waals surface area contributed by atoms with Crippen molar-refractivity contribution in [1.82, 2.24) is 5.32 Å². The van der Waals surface area contributed by atoms with E-state index < -0.39 is 10.0 Å². The number of halogens is 1. The minimum absolute atomic E-state index is 0.0531. The van der Waals surface area contributed by atoms with Crippen LogP contribution in [0.2, 0.25) is 0 Å². The summed E-state index contributed by atoms with van der Waals surface area (Å²) in [6.45, 7) is 2.16. The van der Waals surface area contributed by atoms with Gasteiger partial charge in [0.1, 0.15) is 10.6 Å². The lowest BCUT2D eigenvalue weighted by Gasteiger charge is -2.56. The molecular formula is C25H29BrN2O4S. The van der Waals surface area contributed by atoms with Gasteiger partial charge in [-0.15, -0.1) is 0 Å². The Morgan fingerprint density at radius 1 is 1.03 bits per heavy atom. The fourth-order valence-corrected chi connectivity index (χ4v) is 8.19. The summed E-state index contributed by atoms with van der Waals surface area (Å²) in [7, 11) is -3.86. The Balaban J connectivity index is 1.29. The van der Waals surface area contributed by atoms with Gasteiger partial charge in [-0.25, -0.2) is 8.42 Å². The number of carbonyl (C=O) groups excluding carboxylic acids is 1. The lowest BCUT2D eigenvalue weighted by molar-refractivity contribution is -0.0167. The molecule has 0 saturated heterocycles. The summed E-state index contributed by atoms with van der Waals surface area (Å²) >= 11 is 3.32. The summed E-state index contributed by atoms with van der Waals surface area (Å²) in [6, 6.07) is 11.5. The van der Waals surface area contributed by atoms with Crippen LogP contribution in [-0.4, -0.2) is 26.5 Å². The second-order valence-corrected chi connectivity index (χ2v) is 12.4. The molecule has 0 spiro atoms. The maximum Gasteiger partial charge on any atom is 0.265 e. The number of sulfonamides is 1. The standard InChI is InChI=1S/C25H29BrN2O4S/c1-2-32-22-8-5-20(26)12-23(22)33(30,31)28-21-6-3-19(4-7-21)24(29)27-25-13-16-9-17(14-25)11-18(10-16)15-25/h3-8,12,16-18,28H,2,9-11,13-15H2,1H3,(H,27,29). The van der Waals surface area contributed by atoms with E-state index in [9.17, 15) is 13.2 Å². The third-order valence-corrected chi connectivity index (χ3v) is 9.21. The molecule has 0 heterocycles. The van der Waals surface area contributed by atoms with Crippen LogP contribution in [0.4, 0.5) is 5.69 Å². The second kappa shape index (κ2) is 8.62. The normalized spacial score (nSPS) is 27.9. The largest absolute Gasteiger partial charge is 0.492 e. The first-order valence-corrected chi connectivity index (χ1v) is 13.9. The lowest BCUT2D eigenvalue weighted by atomic mass is 9.53. The molecule has 176 valence electrons. The Morgan fingerprint density at radius 2 is 1.64 bits per heavy atom. The van der Waals surface area contributed by atoms with Crippen LogP contribution in [0.5, 0.6) is 5.75 Å². The highest BCUT2D eigenvalue weighted by Crippen LogP contribution is 2.55. The molecular weight excluding hydrogens is 504 g/mol. The van der Waals surface area contributed by atoms with E-state index >= 15 is 0 Å². The Hall–Kier alpha value is -2.06. The molecule has 33 heavy (non-hydrogen) atoms. The van der Waals surface area contributed by atoms with Gasteiger partial charge < -0.3 is 10.1 Å². The number of anilines is 1. The van der Waals surface area contributed by atoms with E-state index in [1.54, 1.807) is 43.3 Å². The maximum atomic E-state index is 13.0. The third kappa shape index (κ3) is 4.64. The molecule has 8 heteroatoms. The molecule has 4 aliphatic carbocycles. The van der Waals surface area contributed by atoms with Crippen molar-refractivity contribution in [3.05, 3.63) is 52.5 Å². The quantitative estimate of drug-likeness (QED) is 0.503. The van der Waals surface area contributed by atoms with Crippen LogP contribution in [0.1, 0.15) is 55.8 Å². The zero-order valence-corrected chi connectivity index (χ0v) is 21.0. The van der Waals surface area contributed by atoms with Crippen LogP contribution in [-0.2, 0) is 10.0 Å². The highest BCUT2D eigenvalue weighted by atomic mass is 79.9. The minimum atomic E-state index is -3.86. The number of hydrogen-bond donors (Lipinski definition) is 2. The van der Waals surface area contributed by atoms with Gasteiger partial charge in [0.15, 0.2) is 0 Å². The van der Waals surface area contributed by atoms with Gasteiger partial charge in [0, 0.05) is 21.3 Å². The van der Waals surface area contributed by atoms with Gasteiger partial charge >= 0.3 is 0 Å². The minimum Gasteiger partial charge on any atom is -0.492 e. The zero-order valence-electron chi connectivity index (χ0n) is 18.6. The average Bonchev–Trinajstić information content (AvgIpc) is 2.74. The predicted octanol–water partition coefficient (Wildman–Crippen LogP) is 5.35. The van der Waals surface area contributed by atoms with Crippen LogP contribution in [0.15, 0.2) is 51.8 Å². The number of hydrogen-bond acceptors (Lipinski definition) is 4. The van der Waals surface area contributed by atoms with E-state index in [0.29, 0.717) is 28.1 Å². The molecule has 4 aliphatic rings. The van der Waals surface area contributed by atoms with E-state index in [-0.39, 0.29) is 16.3 Å². The van der Waals surface area contributed by atoms with Crippen molar-refractivity contribution < 1.29 is 17.9 Å². The van der Waals surface area contributed by atoms with Crippen LogP contribution < -0.4 is 14.8 Å².